The summed E-state index contributed by atoms with van der Waals surface area (Å²) >= 11 is 0. The average Bonchev–Trinajstić information content (AvgIpc) is 2.92. The number of nitrogens with one attached hydrogen (secondary N) is 1. The lowest BCUT2D eigenvalue weighted by atomic mass is 10.1. The summed E-state index contributed by atoms with van der Waals surface area (Å²) in [4.78, 5) is 11.8. The number of hydrogen-bond acceptors (Lipinski definition) is 4. The summed E-state index contributed by atoms with van der Waals surface area (Å²) in [7, 11) is 0. The van der Waals surface area contributed by atoms with E-state index in [1.165, 1.54) is 0 Å². The predicted octanol–water partition coefficient (Wildman–Crippen LogP) is 2.01. The molecule has 4 nitrogen and oxygen atoms in total. The van der Waals surface area contributed by atoms with E-state index in [2.05, 4.69) is 5.32 Å². The van der Waals surface area contributed by atoms with Crippen molar-refractivity contribution in [3.05, 3.63) is 29.8 Å². The van der Waals surface area contributed by atoms with Crippen molar-refractivity contribution >= 4 is 5.97 Å². The molecule has 4 heteroatoms. The smallest absolute Gasteiger partial charge is 0.306 e. The summed E-state index contributed by atoms with van der Waals surface area (Å²) < 4.78 is 5.43. The number of carbonyl (C=O) groups is 1. The Hall–Kier alpha value is -1.55. The van der Waals surface area contributed by atoms with Crippen molar-refractivity contribution in [1.82, 2.24) is 5.32 Å². The maximum Gasteiger partial charge on any atom is 0.306 e. The normalized spacial score (nSPS) is 20.2. The van der Waals surface area contributed by atoms with Crippen LogP contribution in [0.1, 0.15) is 31.7 Å². The fourth-order valence-electron chi connectivity index (χ4n) is 2.37. The first-order valence-electron chi connectivity index (χ1n) is 6.86. The van der Waals surface area contributed by atoms with Gasteiger partial charge in [0.05, 0.1) is 0 Å². The Balaban J connectivity index is 1.73. The molecule has 1 aromatic carbocycles. The molecule has 2 atom stereocenters. The predicted molar refractivity (Wildman–Crippen MR) is 73.0 cm³/mol. The lowest BCUT2D eigenvalue weighted by Crippen LogP contribution is -2.36. The van der Waals surface area contributed by atoms with E-state index in [0.717, 1.165) is 24.9 Å². The van der Waals surface area contributed by atoms with Crippen LogP contribution in [0.3, 0.4) is 0 Å². The van der Waals surface area contributed by atoms with Gasteiger partial charge in [-0.2, -0.15) is 0 Å². The Bertz CT molecular complexity index is 410. The zero-order chi connectivity index (χ0) is 13.7. The number of aromatic hydroxyl groups is 1. The third-order valence-corrected chi connectivity index (χ3v) is 3.54. The topological polar surface area (TPSA) is 58.6 Å². The highest BCUT2D eigenvalue weighted by Crippen LogP contribution is 2.14. The van der Waals surface area contributed by atoms with E-state index >= 15 is 0 Å². The molecule has 0 amide bonds. The minimum atomic E-state index is -0.158. The van der Waals surface area contributed by atoms with Crippen molar-refractivity contribution in [2.45, 2.75) is 44.8 Å². The van der Waals surface area contributed by atoms with E-state index in [1.54, 1.807) is 12.1 Å². The Morgan fingerprint density at radius 3 is 2.84 bits per heavy atom. The maximum absolute atomic E-state index is 11.8. The molecular weight excluding hydrogens is 242 g/mol. The second-order valence-electron chi connectivity index (χ2n) is 5.06. The highest BCUT2D eigenvalue weighted by atomic mass is 16.5. The van der Waals surface area contributed by atoms with E-state index in [0.29, 0.717) is 18.9 Å². The summed E-state index contributed by atoms with van der Waals surface area (Å²) in [6.07, 6.45) is 3.19. The third-order valence-electron chi connectivity index (χ3n) is 3.54. The first-order chi connectivity index (χ1) is 9.15. The van der Waals surface area contributed by atoms with Gasteiger partial charge in [-0.25, -0.2) is 0 Å². The van der Waals surface area contributed by atoms with Gasteiger partial charge in [-0.3, -0.25) is 4.79 Å². The van der Waals surface area contributed by atoms with Crippen LogP contribution in [0.25, 0.3) is 0 Å². The molecule has 2 rings (SSSR count). The van der Waals surface area contributed by atoms with Crippen LogP contribution in [-0.4, -0.2) is 29.8 Å². The van der Waals surface area contributed by atoms with Crippen LogP contribution in [0.2, 0.25) is 0 Å². The van der Waals surface area contributed by atoms with Crippen molar-refractivity contribution in [2.75, 3.05) is 6.54 Å². The molecule has 0 radical (unpaired) electrons. The Kier molecular flexibility index (Phi) is 4.80. The molecule has 0 aromatic heterocycles. The van der Waals surface area contributed by atoms with Crippen molar-refractivity contribution in [3.63, 3.8) is 0 Å². The van der Waals surface area contributed by atoms with Gasteiger partial charge in [0, 0.05) is 12.5 Å². The Labute approximate surface area is 113 Å². The van der Waals surface area contributed by atoms with Gasteiger partial charge in [0.2, 0.25) is 0 Å². The monoisotopic (exact) mass is 263 g/mol. The molecule has 2 unspecified atom stereocenters. The number of ether oxygens (including phenoxy) is 1. The molecule has 0 bridgehead atoms. The van der Waals surface area contributed by atoms with Gasteiger partial charge in [0.25, 0.3) is 0 Å². The lowest BCUT2D eigenvalue weighted by molar-refractivity contribution is -0.149. The van der Waals surface area contributed by atoms with Gasteiger partial charge >= 0.3 is 5.97 Å². The largest absolute Gasteiger partial charge is 0.508 e. The van der Waals surface area contributed by atoms with E-state index in [-0.39, 0.29) is 17.8 Å². The van der Waals surface area contributed by atoms with Crippen LogP contribution < -0.4 is 5.32 Å². The summed E-state index contributed by atoms with van der Waals surface area (Å²) in [5.74, 6) is 0.0848. The number of benzene rings is 1. The number of rotatable bonds is 5. The highest BCUT2D eigenvalue weighted by Gasteiger charge is 2.23. The number of aryl methyl sites for hydroxylation is 1. The van der Waals surface area contributed by atoms with Gasteiger partial charge < -0.3 is 15.2 Å². The molecular formula is C15H21NO3. The number of phenols is 1. The summed E-state index contributed by atoms with van der Waals surface area (Å²) in [6.45, 7) is 2.96. The van der Waals surface area contributed by atoms with Crippen molar-refractivity contribution < 1.29 is 14.6 Å². The molecule has 0 spiro atoms. The zero-order valence-electron chi connectivity index (χ0n) is 11.3. The van der Waals surface area contributed by atoms with Gasteiger partial charge in [0.15, 0.2) is 0 Å². The Morgan fingerprint density at radius 2 is 2.21 bits per heavy atom. The van der Waals surface area contributed by atoms with E-state index in [4.69, 9.17) is 4.74 Å². The molecule has 2 N–H and O–H groups in total. The molecule has 1 aliphatic heterocycles. The van der Waals surface area contributed by atoms with Crippen molar-refractivity contribution in [1.29, 1.82) is 0 Å². The Morgan fingerprint density at radius 1 is 1.47 bits per heavy atom. The average molecular weight is 263 g/mol. The molecule has 1 fully saturated rings. The van der Waals surface area contributed by atoms with Crippen LogP contribution in [-0.2, 0) is 16.0 Å². The molecule has 19 heavy (non-hydrogen) atoms. The van der Waals surface area contributed by atoms with Gasteiger partial charge in [-0.1, -0.05) is 12.1 Å². The molecule has 0 aliphatic carbocycles. The first kappa shape index (κ1) is 13.9. The van der Waals surface area contributed by atoms with Crippen LogP contribution in [0.4, 0.5) is 0 Å². The molecule has 0 saturated carbocycles. The SMILES string of the molecule is CC(OC(=O)CCc1ccc(O)cc1)C1CCCN1. The number of carbonyl (C=O) groups excluding carboxylic acids is 1. The fourth-order valence-corrected chi connectivity index (χ4v) is 2.37. The molecule has 1 aliphatic rings. The van der Waals surface area contributed by atoms with Crippen LogP contribution in [0.5, 0.6) is 5.75 Å². The van der Waals surface area contributed by atoms with Gasteiger partial charge in [0.1, 0.15) is 11.9 Å². The minimum Gasteiger partial charge on any atom is -0.508 e. The van der Waals surface area contributed by atoms with Crippen LogP contribution in [0.15, 0.2) is 24.3 Å². The van der Waals surface area contributed by atoms with Crippen LogP contribution >= 0.6 is 0 Å². The second kappa shape index (κ2) is 6.57. The maximum atomic E-state index is 11.8. The second-order valence-corrected chi connectivity index (χ2v) is 5.06. The zero-order valence-corrected chi connectivity index (χ0v) is 11.3. The summed E-state index contributed by atoms with van der Waals surface area (Å²) in [5.41, 5.74) is 1.03. The molecule has 1 aromatic rings. The molecule has 104 valence electrons. The number of hydrogen-bond donors (Lipinski definition) is 2. The number of phenolic OH excluding ortho intramolecular Hbond substituents is 1. The van der Waals surface area contributed by atoms with Gasteiger partial charge in [-0.15, -0.1) is 0 Å². The van der Waals surface area contributed by atoms with Crippen LogP contribution in [0, 0.1) is 0 Å². The highest BCUT2D eigenvalue weighted by molar-refractivity contribution is 5.70. The minimum absolute atomic E-state index is 0.0604. The van der Waals surface area contributed by atoms with E-state index in [9.17, 15) is 9.90 Å². The van der Waals surface area contributed by atoms with Crippen molar-refractivity contribution in [3.8, 4) is 5.75 Å². The summed E-state index contributed by atoms with van der Waals surface area (Å²) in [6, 6.07) is 7.21. The summed E-state index contributed by atoms with van der Waals surface area (Å²) in [5, 5.41) is 12.5. The third kappa shape index (κ3) is 4.24. The molecule has 1 saturated heterocycles. The fraction of sp³-hybridized carbons (Fsp3) is 0.533. The van der Waals surface area contributed by atoms with E-state index in [1.807, 2.05) is 19.1 Å². The standard InChI is InChI=1S/C15H21NO3/c1-11(14-3-2-10-16-14)19-15(18)9-6-12-4-7-13(17)8-5-12/h4-5,7-8,11,14,16-17H,2-3,6,9-10H2,1H3. The lowest BCUT2D eigenvalue weighted by Gasteiger charge is -2.19. The quantitative estimate of drug-likeness (QED) is 0.798. The first-order valence-corrected chi connectivity index (χ1v) is 6.86. The van der Waals surface area contributed by atoms with Crippen molar-refractivity contribution in [2.24, 2.45) is 0 Å². The van der Waals surface area contributed by atoms with E-state index < -0.39 is 0 Å². The molecule has 1 heterocycles. The number of esters is 1. The van der Waals surface area contributed by atoms with Gasteiger partial charge in [-0.05, 0) is 50.4 Å².